The first-order valence-electron chi connectivity index (χ1n) is 5.44. The van der Waals surface area contributed by atoms with Crippen molar-refractivity contribution in [2.45, 2.75) is 19.7 Å². The zero-order valence-corrected chi connectivity index (χ0v) is 10.4. The predicted octanol–water partition coefficient (Wildman–Crippen LogP) is 2.70. The van der Waals surface area contributed by atoms with Crippen LogP contribution in [0.3, 0.4) is 0 Å². The highest BCUT2D eigenvalue weighted by atomic mass is 19.4. The Bertz CT molecular complexity index is 443. The molecule has 7 heteroatoms. The van der Waals surface area contributed by atoms with Crippen LogP contribution in [0.2, 0.25) is 0 Å². The Morgan fingerprint density at radius 3 is 2.47 bits per heavy atom. The summed E-state index contributed by atoms with van der Waals surface area (Å²) in [6.45, 7) is 1.85. The third kappa shape index (κ3) is 5.07. The number of carbonyl (C=O) groups is 1. The highest BCUT2D eigenvalue weighted by Crippen LogP contribution is 2.33. The molecule has 4 nitrogen and oxygen atoms in total. The largest absolute Gasteiger partial charge is 0.573 e. The van der Waals surface area contributed by atoms with Gasteiger partial charge in [-0.05, 0) is 24.6 Å². The quantitative estimate of drug-likeness (QED) is 0.777. The Balaban J connectivity index is 2.91. The monoisotopic (exact) mass is 278 g/mol. The van der Waals surface area contributed by atoms with E-state index in [1.165, 1.54) is 19.2 Å². The SMILES string of the molecule is CCOC(=O)Cc1ccc(OC)c(OC(F)(F)F)c1. The highest BCUT2D eigenvalue weighted by molar-refractivity contribution is 5.72. The van der Waals surface area contributed by atoms with Gasteiger partial charge < -0.3 is 14.2 Å². The van der Waals surface area contributed by atoms with Gasteiger partial charge in [0, 0.05) is 0 Å². The second-order valence-electron chi connectivity index (χ2n) is 3.51. The van der Waals surface area contributed by atoms with Crippen molar-refractivity contribution >= 4 is 5.97 Å². The molecule has 0 spiro atoms. The molecule has 0 radical (unpaired) electrons. The minimum atomic E-state index is -4.82. The van der Waals surface area contributed by atoms with Crippen molar-refractivity contribution in [3.63, 3.8) is 0 Å². The standard InChI is InChI=1S/C12H13F3O4/c1-3-18-11(16)7-8-4-5-9(17-2)10(6-8)19-12(13,14)15/h4-6H,3,7H2,1-2H3. The maximum absolute atomic E-state index is 12.2. The Labute approximate surface area is 108 Å². The fourth-order valence-electron chi connectivity index (χ4n) is 1.41. The smallest absolute Gasteiger partial charge is 0.493 e. The zero-order chi connectivity index (χ0) is 14.5. The Kier molecular flexibility index (Phi) is 5.02. The van der Waals surface area contributed by atoms with E-state index in [9.17, 15) is 18.0 Å². The number of carbonyl (C=O) groups excluding carboxylic acids is 1. The molecular weight excluding hydrogens is 265 g/mol. The van der Waals surface area contributed by atoms with Crippen molar-refractivity contribution in [2.24, 2.45) is 0 Å². The van der Waals surface area contributed by atoms with E-state index in [2.05, 4.69) is 4.74 Å². The predicted molar refractivity (Wildman–Crippen MR) is 60.0 cm³/mol. The highest BCUT2D eigenvalue weighted by Gasteiger charge is 2.32. The Morgan fingerprint density at radius 2 is 1.95 bits per heavy atom. The van der Waals surface area contributed by atoms with Crippen LogP contribution in [0, 0.1) is 0 Å². The zero-order valence-electron chi connectivity index (χ0n) is 10.4. The summed E-state index contributed by atoms with van der Waals surface area (Å²) >= 11 is 0. The molecule has 0 saturated heterocycles. The first kappa shape index (κ1) is 15.1. The Hall–Kier alpha value is -1.92. The summed E-state index contributed by atoms with van der Waals surface area (Å²) in [5, 5.41) is 0. The summed E-state index contributed by atoms with van der Waals surface area (Å²) in [4.78, 5) is 11.2. The summed E-state index contributed by atoms with van der Waals surface area (Å²) in [6, 6.07) is 3.87. The lowest BCUT2D eigenvalue weighted by molar-refractivity contribution is -0.275. The van der Waals surface area contributed by atoms with Gasteiger partial charge in [-0.2, -0.15) is 0 Å². The van der Waals surface area contributed by atoms with Crippen LogP contribution < -0.4 is 9.47 Å². The molecule has 0 heterocycles. The van der Waals surface area contributed by atoms with Gasteiger partial charge in [0.15, 0.2) is 11.5 Å². The molecule has 1 aromatic carbocycles. The second-order valence-corrected chi connectivity index (χ2v) is 3.51. The van der Waals surface area contributed by atoms with Gasteiger partial charge in [0.1, 0.15) is 0 Å². The molecule has 0 fully saturated rings. The van der Waals surface area contributed by atoms with Crippen molar-refractivity contribution in [3.05, 3.63) is 23.8 Å². The van der Waals surface area contributed by atoms with E-state index in [0.29, 0.717) is 5.56 Å². The normalized spacial score (nSPS) is 11.0. The number of esters is 1. The minimum absolute atomic E-state index is 0.0649. The third-order valence-corrected chi connectivity index (χ3v) is 2.11. The number of hydrogen-bond donors (Lipinski definition) is 0. The van der Waals surface area contributed by atoms with E-state index in [0.717, 1.165) is 6.07 Å². The summed E-state index contributed by atoms with van der Waals surface area (Å²) in [5.41, 5.74) is 0.346. The molecule has 0 atom stereocenters. The van der Waals surface area contributed by atoms with Gasteiger partial charge in [-0.1, -0.05) is 6.07 Å². The van der Waals surface area contributed by atoms with E-state index in [4.69, 9.17) is 9.47 Å². The summed E-state index contributed by atoms with van der Waals surface area (Å²) in [7, 11) is 1.23. The van der Waals surface area contributed by atoms with Gasteiger partial charge in [0.05, 0.1) is 20.1 Å². The number of benzene rings is 1. The van der Waals surface area contributed by atoms with Gasteiger partial charge in [0.2, 0.25) is 0 Å². The van der Waals surface area contributed by atoms with E-state index in [-0.39, 0.29) is 18.8 Å². The van der Waals surface area contributed by atoms with Crippen LogP contribution in [0.5, 0.6) is 11.5 Å². The van der Waals surface area contributed by atoms with Crippen LogP contribution in [-0.2, 0) is 16.0 Å². The van der Waals surface area contributed by atoms with Crippen LogP contribution >= 0.6 is 0 Å². The molecular formula is C12H13F3O4. The topological polar surface area (TPSA) is 44.8 Å². The van der Waals surface area contributed by atoms with Crippen molar-refractivity contribution in [1.82, 2.24) is 0 Å². The molecule has 1 aromatic rings. The molecule has 0 unspecified atom stereocenters. The summed E-state index contributed by atoms with van der Waals surface area (Å²) < 4.78 is 49.9. The number of methoxy groups -OCH3 is 1. The van der Waals surface area contributed by atoms with Crippen molar-refractivity contribution in [2.75, 3.05) is 13.7 Å². The first-order chi connectivity index (χ1) is 8.85. The van der Waals surface area contributed by atoms with Gasteiger partial charge in [-0.3, -0.25) is 4.79 Å². The van der Waals surface area contributed by atoms with Crippen LogP contribution in [0.25, 0.3) is 0 Å². The molecule has 0 amide bonds. The van der Waals surface area contributed by atoms with Crippen molar-refractivity contribution in [1.29, 1.82) is 0 Å². The van der Waals surface area contributed by atoms with E-state index in [1.807, 2.05) is 0 Å². The number of hydrogen-bond acceptors (Lipinski definition) is 4. The van der Waals surface area contributed by atoms with Gasteiger partial charge >= 0.3 is 12.3 Å². The lowest BCUT2D eigenvalue weighted by Crippen LogP contribution is -2.18. The van der Waals surface area contributed by atoms with Crippen molar-refractivity contribution in [3.8, 4) is 11.5 Å². The average molecular weight is 278 g/mol. The van der Waals surface area contributed by atoms with E-state index in [1.54, 1.807) is 6.92 Å². The van der Waals surface area contributed by atoms with Crippen LogP contribution in [0.1, 0.15) is 12.5 Å². The lowest BCUT2D eigenvalue weighted by atomic mass is 10.1. The minimum Gasteiger partial charge on any atom is -0.493 e. The molecule has 0 aliphatic rings. The number of alkyl halides is 3. The van der Waals surface area contributed by atoms with E-state index >= 15 is 0 Å². The van der Waals surface area contributed by atoms with Gasteiger partial charge in [-0.15, -0.1) is 13.2 Å². The fourth-order valence-corrected chi connectivity index (χ4v) is 1.41. The van der Waals surface area contributed by atoms with Crippen LogP contribution in [0.15, 0.2) is 18.2 Å². The summed E-state index contributed by atoms with van der Waals surface area (Å²) in [6.07, 6.45) is -4.96. The fraction of sp³-hybridized carbons (Fsp3) is 0.417. The molecule has 106 valence electrons. The molecule has 19 heavy (non-hydrogen) atoms. The van der Waals surface area contributed by atoms with Gasteiger partial charge in [-0.25, -0.2) is 0 Å². The maximum atomic E-state index is 12.2. The second kappa shape index (κ2) is 6.31. The lowest BCUT2D eigenvalue weighted by Gasteiger charge is -2.13. The maximum Gasteiger partial charge on any atom is 0.573 e. The molecule has 0 bridgehead atoms. The molecule has 1 rings (SSSR count). The molecule has 0 aromatic heterocycles. The van der Waals surface area contributed by atoms with Crippen LogP contribution in [-0.4, -0.2) is 26.0 Å². The van der Waals surface area contributed by atoms with E-state index < -0.39 is 18.1 Å². The molecule has 0 saturated carbocycles. The van der Waals surface area contributed by atoms with Crippen LogP contribution in [0.4, 0.5) is 13.2 Å². The van der Waals surface area contributed by atoms with Gasteiger partial charge in [0.25, 0.3) is 0 Å². The number of rotatable bonds is 5. The third-order valence-electron chi connectivity index (χ3n) is 2.11. The number of halogens is 3. The number of ether oxygens (including phenoxy) is 3. The first-order valence-corrected chi connectivity index (χ1v) is 5.44. The summed E-state index contributed by atoms with van der Waals surface area (Å²) in [5.74, 6) is -1.08. The molecule has 0 aliphatic heterocycles. The van der Waals surface area contributed by atoms with Crippen molar-refractivity contribution < 1.29 is 32.2 Å². The Morgan fingerprint density at radius 1 is 1.26 bits per heavy atom. The molecule has 0 N–H and O–H groups in total. The molecule has 0 aliphatic carbocycles. The average Bonchev–Trinajstić information content (AvgIpc) is 2.27.